The van der Waals surface area contributed by atoms with Gasteiger partial charge in [0.15, 0.2) is 0 Å². The second-order valence-corrected chi connectivity index (χ2v) is 2.57. The highest BCUT2D eigenvalue weighted by molar-refractivity contribution is 5.79. The summed E-state index contributed by atoms with van der Waals surface area (Å²) in [6.45, 7) is 1.78. The molecule has 1 saturated heterocycles. The van der Waals surface area contributed by atoms with Crippen LogP contribution >= 0.6 is 0 Å². The predicted octanol–water partition coefficient (Wildman–Crippen LogP) is -0.764. The molecule has 0 aromatic heterocycles. The maximum atomic E-state index is 11.1. The van der Waals surface area contributed by atoms with Gasteiger partial charge in [0.1, 0.15) is 6.54 Å². The largest absolute Gasteiger partial charge is 0.343 e. The number of nitriles is 1. The number of nitrogens with zero attached hydrogens (tertiary/aromatic N) is 1. The molecule has 4 nitrogen and oxygen atoms in total. The van der Waals surface area contributed by atoms with E-state index < -0.39 is 0 Å². The maximum Gasteiger partial charge on any atom is 0.225 e. The number of carbonyl (C=O) groups is 1. The second-order valence-electron chi connectivity index (χ2n) is 2.57. The summed E-state index contributed by atoms with van der Waals surface area (Å²) in [6, 6.07) is 1.87. The van der Waals surface area contributed by atoms with E-state index >= 15 is 0 Å². The van der Waals surface area contributed by atoms with Gasteiger partial charge in [-0.2, -0.15) is 5.26 Å². The van der Waals surface area contributed by atoms with Crippen LogP contribution in [0.2, 0.25) is 0 Å². The van der Waals surface area contributed by atoms with E-state index in [1.165, 1.54) is 0 Å². The average molecular weight is 153 g/mol. The van der Waals surface area contributed by atoms with Gasteiger partial charge in [0.25, 0.3) is 0 Å². The number of carbonyl (C=O) groups excluding carboxylic acids is 1. The van der Waals surface area contributed by atoms with Crippen LogP contribution in [0, 0.1) is 17.2 Å². The Morgan fingerprint density at radius 1 is 1.82 bits per heavy atom. The van der Waals surface area contributed by atoms with E-state index in [-0.39, 0.29) is 18.4 Å². The van der Waals surface area contributed by atoms with Crippen molar-refractivity contribution in [3.8, 4) is 6.07 Å². The van der Waals surface area contributed by atoms with Crippen LogP contribution in [0.15, 0.2) is 0 Å². The van der Waals surface area contributed by atoms with Gasteiger partial charge in [0.2, 0.25) is 5.91 Å². The Labute approximate surface area is 65.6 Å². The fourth-order valence-corrected chi connectivity index (χ4v) is 1.15. The number of hydrogen-bond donors (Lipinski definition) is 2. The molecule has 60 valence electrons. The maximum absolute atomic E-state index is 11.1. The zero-order chi connectivity index (χ0) is 8.10. The van der Waals surface area contributed by atoms with E-state index in [1.807, 2.05) is 6.07 Å². The number of hydrogen-bond acceptors (Lipinski definition) is 3. The molecule has 11 heavy (non-hydrogen) atoms. The number of nitrogens with one attached hydrogen (secondary N) is 2. The van der Waals surface area contributed by atoms with Gasteiger partial charge in [-0.05, 0) is 13.0 Å². The van der Waals surface area contributed by atoms with Gasteiger partial charge in [-0.1, -0.05) is 0 Å². The molecule has 1 amide bonds. The number of rotatable bonds is 2. The molecule has 0 saturated carbocycles. The summed E-state index contributed by atoms with van der Waals surface area (Å²) in [6.07, 6.45) is 0.886. The first-order chi connectivity index (χ1) is 5.34. The van der Waals surface area contributed by atoms with Crippen LogP contribution in [0.25, 0.3) is 0 Å². The Morgan fingerprint density at radius 3 is 3.18 bits per heavy atom. The molecule has 1 unspecified atom stereocenters. The van der Waals surface area contributed by atoms with Crippen LogP contribution in [-0.4, -0.2) is 25.5 Å². The fourth-order valence-electron chi connectivity index (χ4n) is 1.15. The van der Waals surface area contributed by atoms with Crippen molar-refractivity contribution in [2.45, 2.75) is 6.42 Å². The summed E-state index contributed by atoms with van der Waals surface area (Å²) in [5.74, 6) is 0.0694. The molecular formula is C7H11N3O. The zero-order valence-corrected chi connectivity index (χ0v) is 6.26. The van der Waals surface area contributed by atoms with E-state index in [4.69, 9.17) is 5.26 Å². The molecule has 4 heteroatoms. The van der Waals surface area contributed by atoms with Crippen LogP contribution in [0.3, 0.4) is 0 Å². The first-order valence-corrected chi connectivity index (χ1v) is 3.70. The first-order valence-electron chi connectivity index (χ1n) is 3.70. The van der Waals surface area contributed by atoms with Crippen molar-refractivity contribution in [2.24, 2.45) is 5.92 Å². The van der Waals surface area contributed by atoms with E-state index in [1.54, 1.807) is 0 Å². The topological polar surface area (TPSA) is 64.9 Å². The molecule has 1 rings (SSSR count). The van der Waals surface area contributed by atoms with Crippen LogP contribution in [-0.2, 0) is 4.79 Å². The highest BCUT2D eigenvalue weighted by atomic mass is 16.1. The molecule has 1 aliphatic heterocycles. The second kappa shape index (κ2) is 3.94. The predicted molar refractivity (Wildman–Crippen MR) is 39.6 cm³/mol. The summed E-state index contributed by atoms with van der Waals surface area (Å²) in [4.78, 5) is 11.1. The summed E-state index contributed by atoms with van der Waals surface area (Å²) in [7, 11) is 0. The van der Waals surface area contributed by atoms with Crippen molar-refractivity contribution in [1.29, 1.82) is 5.26 Å². The Balaban J connectivity index is 2.24. The van der Waals surface area contributed by atoms with Crippen molar-refractivity contribution in [3.63, 3.8) is 0 Å². The summed E-state index contributed by atoms with van der Waals surface area (Å²) in [5.41, 5.74) is 0. The SMILES string of the molecule is N#CCNC(=O)C1CCNC1. The van der Waals surface area contributed by atoms with Crippen LogP contribution in [0.4, 0.5) is 0 Å². The third-order valence-electron chi connectivity index (χ3n) is 1.77. The van der Waals surface area contributed by atoms with Gasteiger partial charge < -0.3 is 10.6 Å². The van der Waals surface area contributed by atoms with E-state index in [2.05, 4.69) is 10.6 Å². The lowest BCUT2D eigenvalue weighted by Crippen LogP contribution is -2.31. The van der Waals surface area contributed by atoms with Gasteiger partial charge in [-0.15, -0.1) is 0 Å². The molecular weight excluding hydrogens is 142 g/mol. The lowest BCUT2D eigenvalue weighted by molar-refractivity contribution is -0.124. The number of amides is 1. The van der Waals surface area contributed by atoms with Gasteiger partial charge >= 0.3 is 0 Å². The van der Waals surface area contributed by atoms with Gasteiger partial charge in [0.05, 0.1) is 12.0 Å². The monoisotopic (exact) mass is 153 g/mol. The van der Waals surface area contributed by atoms with Gasteiger partial charge in [0, 0.05) is 6.54 Å². The molecule has 0 radical (unpaired) electrons. The Hall–Kier alpha value is -1.08. The van der Waals surface area contributed by atoms with Gasteiger partial charge in [-0.25, -0.2) is 0 Å². The minimum absolute atomic E-state index is 0.00319. The summed E-state index contributed by atoms with van der Waals surface area (Å²) in [5, 5.41) is 13.8. The minimum Gasteiger partial charge on any atom is -0.343 e. The van der Waals surface area contributed by atoms with Crippen molar-refractivity contribution in [3.05, 3.63) is 0 Å². The van der Waals surface area contributed by atoms with Crippen LogP contribution in [0.5, 0.6) is 0 Å². The molecule has 1 fully saturated rings. The third kappa shape index (κ3) is 2.20. The van der Waals surface area contributed by atoms with E-state index in [9.17, 15) is 4.79 Å². The molecule has 0 aromatic carbocycles. The highest BCUT2D eigenvalue weighted by Crippen LogP contribution is 2.06. The third-order valence-corrected chi connectivity index (χ3v) is 1.77. The Bertz CT molecular complexity index is 179. The molecule has 1 atom stereocenters. The van der Waals surface area contributed by atoms with Gasteiger partial charge in [-0.3, -0.25) is 4.79 Å². The summed E-state index contributed by atoms with van der Waals surface area (Å²) >= 11 is 0. The highest BCUT2D eigenvalue weighted by Gasteiger charge is 2.21. The molecule has 0 aliphatic carbocycles. The fraction of sp³-hybridized carbons (Fsp3) is 0.714. The Kier molecular flexibility index (Phi) is 2.87. The van der Waals surface area contributed by atoms with E-state index in [0.29, 0.717) is 0 Å². The quantitative estimate of drug-likeness (QED) is 0.512. The average Bonchev–Trinajstić information content (AvgIpc) is 2.52. The van der Waals surface area contributed by atoms with Crippen LogP contribution < -0.4 is 10.6 Å². The molecule has 0 aromatic rings. The van der Waals surface area contributed by atoms with Crippen molar-refractivity contribution < 1.29 is 4.79 Å². The normalized spacial score (nSPS) is 22.6. The molecule has 2 N–H and O–H groups in total. The van der Waals surface area contributed by atoms with Crippen molar-refractivity contribution in [2.75, 3.05) is 19.6 Å². The van der Waals surface area contributed by atoms with Crippen molar-refractivity contribution >= 4 is 5.91 Å². The molecule has 1 heterocycles. The van der Waals surface area contributed by atoms with Crippen LogP contribution in [0.1, 0.15) is 6.42 Å². The molecule has 1 aliphatic rings. The summed E-state index contributed by atoms with van der Waals surface area (Å²) < 4.78 is 0. The Morgan fingerprint density at radius 2 is 2.64 bits per heavy atom. The standard InChI is InChI=1S/C7H11N3O/c8-2-4-10-7(11)6-1-3-9-5-6/h6,9H,1,3-5H2,(H,10,11). The first kappa shape index (κ1) is 8.02. The lowest BCUT2D eigenvalue weighted by Gasteiger charge is -2.05. The van der Waals surface area contributed by atoms with Crippen molar-refractivity contribution in [1.82, 2.24) is 10.6 Å². The smallest absolute Gasteiger partial charge is 0.225 e. The zero-order valence-electron chi connectivity index (χ0n) is 6.26. The lowest BCUT2D eigenvalue weighted by atomic mass is 10.1. The molecule has 0 bridgehead atoms. The van der Waals surface area contributed by atoms with E-state index in [0.717, 1.165) is 19.5 Å². The minimum atomic E-state index is -0.00319. The molecule has 0 spiro atoms.